The Labute approximate surface area is 127 Å². The van der Waals surface area contributed by atoms with E-state index in [1.54, 1.807) is 7.11 Å². The molecule has 3 rings (SSSR count). The van der Waals surface area contributed by atoms with Crippen LogP contribution in [0.2, 0.25) is 0 Å². The number of nitrogens with one attached hydrogen (secondary N) is 1. The molecule has 1 unspecified atom stereocenters. The molecule has 0 spiro atoms. The summed E-state index contributed by atoms with van der Waals surface area (Å²) >= 11 is 0. The second kappa shape index (κ2) is 6.77. The first kappa shape index (κ1) is 14.8. The van der Waals surface area contributed by atoms with E-state index >= 15 is 0 Å². The number of ether oxygens (including phenoxy) is 2. The number of likely N-dealkylation sites (N-methyl/N-ethyl adjacent to an activating group) is 1. The Kier molecular flexibility index (Phi) is 4.78. The minimum Gasteiger partial charge on any atom is -0.496 e. The fraction of sp³-hybridized carbons (Fsp3) is 0.647. The fourth-order valence-electron chi connectivity index (χ4n) is 3.33. The summed E-state index contributed by atoms with van der Waals surface area (Å²) in [5.74, 6) is 1.66. The molecule has 1 aliphatic carbocycles. The van der Waals surface area contributed by atoms with Crippen molar-refractivity contribution in [1.82, 2.24) is 10.2 Å². The van der Waals surface area contributed by atoms with Gasteiger partial charge in [0.15, 0.2) is 0 Å². The second-order valence-electron chi connectivity index (χ2n) is 6.27. The zero-order valence-electron chi connectivity index (χ0n) is 13.0. The minimum absolute atomic E-state index is 0.342. The summed E-state index contributed by atoms with van der Waals surface area (Å²) in [6.45, 7) is 3.91. The number of benzene rings is 1. The van der Waals surface area contributed by atoms with Gasteiger partial charge in [0.25, 0.3) is 0 Å². The Bertz CT molecular complexity index is 460. The van der Waals surface area contributed by atoms with Crippen LogP contribution in [-0.4, -0.2) is 57.4 Å². The molecule has 0 radical (unpaired) electrons. The molecule has 4 nitrogen and oxygen atoms in total. The average molecular weight is 290 g/mol. The predicted molar refractivity (Wildman–Crippen MR) is 84.0 cm³/mol. The molecular weight excluding hydrogens is 264 g/mol. The fourth-order valence-corrected chi connectivity index (χ4v) is 3.33. The van der Waals surface area contributed by atoms with Crippen molar-refractivity contribution in [1.29, 1.82) is 0 Å². The maximum atomic E-state index is 5.79. The molecule has 1 saturated heterocycles. The molecule has 2 fully saturated rings. The lowest BCUT2D eigenvalue weighted by atomic mass is 9.75. The van der Waals surface area contributed by atoms with Crippen molar-refractivity contribution in [2.75, 3.05) is 40.4 Å². The summed E-state index contributed by atoms with van der Waals surface area (Å²) in [7, 11) is 3.92. The summed E-state index contributed by atoms with van der Waals surface area (Å²) in [6.07, 6.45) is 2.74. The molecular formula is C17H26N2O2. The van der Waals surface area contributed by atoms with Gasteiger partial charge in [0.1, 0.15) is 5.75 Å². The first-order chi connectivity index (χ1) is 10.3. The van der Waals surface area contributed by atoms with Gasteiger partial charge in [0.05, 0.1) is 19.8 Å². The summed E-state index contributed by atoms with van der Waals surface area (Å²) in [6, 6.07) is 9.01. The molecule has 21 heavy (non-hydrogen) atoms. The van der Waals surface area contributed by atoms with E-state index in [9.17, 15) is 0 Å². The van der Waals surface area contributed by atoms with E-state index in [1.807, 2.05) is 6.07 Å². The average Bonchev–Trinajstić information content (AvgIpc) is 2.46. The lowest BCUT2D eigenvalue weighted by Gasteiger charge is -2.38. The highest BCUT2D eigenvalue weighted by atomic mass is 16.5. The molecule has 4 heteroatoms. The van der Waals surface area contributed by atoms with E-state index in [0.29, 0.717) is 18.1 Å². The number of rotatable bonds is 5. The topological polar surface area (TPSA) is 33.7 Å². The van der Waals surface area contributed by atoms with Crippen LogP contribution >= 0.6 is 0 Å². The van der Waals surface area contributed by atoms with Gasteiger partial charge >= 0.3 is 0 Å². The monoisotopic (exact) mass is 290 g/mol. The van der Waals surface area contributed by atoms with Crippen molar-refractivity contribution in [2.45, 2.75) is 30.9 Å². The maximum absolute atomic E-state index is 5.79. The third kappa shape index (κ3) is 3.57. The Morgan fingerprint density at radius 1 is 1.33 bits per heavy atom. The Hall–Kier alpha value is -1.10. The molecule has 1 heterocycles. The van der Waals surface area contributed by atoms with E-state index in [1.165, 1.54) is 18.4 Å². The van der Waals surface area contributed by atoms with Crippen LogP contribution < -0.4 is 10.1 Å². The number of hydrogen-bond donors (Lipinski definition) is 1. The number of hydrogen-bond acceptors (Lipinski definition) is 4. The zero-order chi connectivity index (χ0) is 14.7. The van der Waals surface area contributed by atoms with E-state index in [4.69, 9.17) is 9.47 Å². The number of nitrogens with zero attached hydrogens (tertiary/aromatic N) is 1. The van der Waals surface area contributed by atoms with Gasteiger partial charge in [-0.05, 0) is 37.4 Å². The molecule has 1 aromatic rings. The smallest absolute Gasteiger partial charge is 0.122 e. The molecule has 1 atom stereocenters. The van der Waals surface area contributed by atoms with Gasteiger partial charge in [-0.25, -0.2) is 0 Å². The molecule has 1 N–H and O–H groups in total. The van der Waals surface area contributed by atoms with E-state index < -0.39 is 0 Å². The molecule has 1 saturated carbocycles. The van der Waals surface area contributed by atoms with Gasteiger partial charge in [-0.15, -0.1) is 0 Å². The zero-order valence-corrected chi connectivity index (χ0v) is 13.0. The Morgan fingerprint density at radius 3 is 2.90 bits per heavy atom. The van der Waals surface area contributed by atoms with Crippen molar-refractivity contribution in [3.8, 4) is 5.75 Å². The largest absolute Gasteiger partial charge is 0.496 e. The summed E-state index contributed by atoms with van der Waals surface area (Å²) in [5.41, 5.74) is 1.35. The quantitative estimate of drug-likeness (QED) is 0.897. The molecule has 116 valence electrons. The van der Waals surface area contributed by atoms with Crippen molar-refractivity contribution in [3.05, 3.63) is 29.8 Å². The molecule has 0 bridgehead atoms. The highest BCUT2D eigenvalue weighted by Gasteiger charge is 2.32. The van der Waals surface area contributed by atoms with E-state index in [2.05, 4.69) is 35.5 Å². The van der Waals surface area contributed by atoms with E-state index in [-0.39, 0.29) is 0 Å². The van der Waals surface area contributed by atoms with Crippen LogP contribution in [0.5, 0.6) is 5.75 Å². The van der Waals surface area contributed by atoms with Crippen LogP contribution in [0.1, 0.15) is 24.3 Å². The van der Waals surface area contributed by atoms with Gasteiger partial charge in [-0.3, -0.25) is 0 Å². The highest BCUT2D eigenvalue weighted by Crippen LogP contribution is 2.40. The maximum Gasteiger partial charge on any atom is 0.122 e. The van der Waals surface area contributed by atoms with Crippen LogP contribution in [0.3, 0.4) is 0 Å². The van der Waals surface area contributed by atoms with Gasteiger partial charge in [0, 0.05) is 25.7 Å². The molecule has 1 aromatic carbocycles. The Balaban J connectivity index is 1.43. The standard InChI is InChI=1S/C17H26N2O2/c1-19-7-8-21-15(12-19)11-18-14-9-13(10-14)16-5-3-4-6-17(16)20-2/h3-6,13-15,18H,7-12H2,1-2H3. The van der Waals surface area contributed by atoms with Crippen LogP contribution in [0, 0.1) is 0 Å². The van der Waals surface area contributed by atoms with Crippen molar-refractivity contribution < 1.29 is 9.47 Å². The van der Waals surface area contributed by atoms with Gasteiger partial charge in [-0.1, -0.05) is 18.2 Å². The van der Waals surface area contributed by atoms with Crippen molar-refractivity contribution >= 4 is 0 Å². The minimum atomic E-state index is 0.342. The molecule has 1 aliphatic heterocycles. The molecule has 0 aromatic heterocycles. The lowest BCUT2D eigenvalue weighted by molar-refractivity contribution is -0.0207. The van der Waals surface area contributed by atoms with Crippen LogP contribution in [0.4, 0.5) is 0 Å². The highest BCUT2D eigenvalue weighted by molar-refractivity contribution is 5.37. The SMILES string of the molecule is COc1ccccc1C1CC(NCC2CN(C)CCO2)C1. The molecule has 2 aliphatic rings. The predicted octanol–water partition coefficient (Wildman–Crippen LogP) is 1.86. The van der Waals surface area contributed by atoms with Gasteiger partial charge < -0.3 is 19.7 Å². The van der Waals surface area contributed by atoms with Gasteiger partial charge in [-0.2, -0.15) is 0 Å². The first-order valence-electron chi connectivity index (χ1n) is 7.92. The summed E-state index contributed by atoms with van der Waals surface area (Å²) in [4.78, 5) is 2.34. The van der Waals surface area contributed by atoms with Crippen LogP contribution in [0.25, 0.3) is 0 Å². The second-order valence-corrected chi connectivity index (χ2v) is 6.27. The normalized spacial score (nSPS) is 29.9. The number of morpholine rings is 1. The van der Waals surface area contributed by atoms with Crippen molar-refractivity contribution in [2.24, 2.45) is 0 Å². The lowest BCUT2D eigenvalue weighted by Crippen LogP contribution is -2.49. The number of methoxy groups -OCH3 is 1. The van der Waals surface area contributed by atoms with E-state index in [0.717, 1.165) is 32.0 Å². The van der Waals surface area contributed by atoms with Crippen molar-refractivity contribution in [3.63, 3.8) is 0 Å². The van der Waals surface area contributed by atoms with Crippen LogP contribution in [0.15, 0.2) is 24.3 Å². The number of para-hydroxylation sites is 1. The third-order valence-electron chi connectivity index (χ3n) is 4.69. The third-order valence-corrected chi connectivity index (χ3v) is 4.69. The summed E-state index contributed by atoms with van der Waals surface area (Å²) < 4.78 is 11.2. The van der Waals surface area contributed by atoms with Gasteiger partial charge in [0.2, 0.25) is 0 Å². The summed E-state index contributed by atoms with van der Waals surface area (Å²) in [5, 5.41) is 3.65. The first-order valence-corrected chi connectivity index (χ1v) is 7.92. The Morgan fingerprint density at radius 2 is 2.14 bits per heavy atom. The van der Waals surface area contributed by atoms with Crippen LogP contribution in [-0.2, 0) is 4.74 Å². The molecule has 0 amide bonds.